The summed E-state index contributed by atoms with van der Waals surface area (Å²) in [6.45, 7) is 4.18. The van der Waals surface area contributed by atoms with E-state index in [1.165, 1.54) is 23.5 Å². The van der Waals surface area contributed by atoms with Crippen LogP contribution in [0.3, 0.4) is 0 Å². The molecule has 0 fully saturated rings. The first-order valence-corrected chi connectivity index (χ1v) is 9.30. The average Bonchev–Trinajstić information content (AvgIpc) is 3.03. The molecule has 0 aliphatic carbocycles. The molecular weight excluding hydrogens is 369 g/mol. The molecule has 4 rings (SSSR count). The highest BCUT2D eigenvalue weighted by molar-refractivity contribution is 7.17. The molecule has 0 amide bonds. The van der Waals surface area contributed by atoms with E-state index in [0.29, 0.717) is 11.5 Å². The van der Waals surface area contributed by atoms with Gasteiger partial charge in [-0.15, -0.1) is 11.3 Å². The predicted molar refractivity (Wildman–Crippen MR) is 107 cm³/mol. The van der Waals surface area contributed by atoms with Gasteiger partial charge in [0, 0.05) is 16.6 Å². The van der Waals surface area contributed by atoms with Crippen LogP contribution in [-0.4, -0.2) is 9.97 Å². The minimum Gasteiger partial charge on any atom is -0.340 e. The van der Waals surface area contributed by atoms with Crippen LogP contribution in [0, 0.1) is 19.7 Å². The number of halogens is 2. The molecule has 6 heteroatoms. The third-order valence-electron chi connectivity index (χ3n) is 4.22. The number of fused-ring (bicyclic) bond motifs is 1. The van der Waals surface area contributed by atoms with Crippen LogP contribution in [0.5, 0.6) is 0 Å². The largest absolute Gasteiger partial charge is 0.340 e. The summed E-state index contributed by atoms with van der Waals surface area (Å²) < 4.78 is 13.4. The zero-order valence-electron chi connectivity index (χ0n) is 14.2. The van der Waals surface area contributed by atoms with E-state index < -0.39 is 5.82 Å². The number of aryl methyl sites for hydroxylation is 2. The summed E-state index contributed by atoms with van der Waals surface area (Å²) >= 11 is 7.47. The molecule has 0 atom stereocenters. The lowest BCUT2D eigenvalue weighted by molar-refractivity contribution is 0.628. The van der Waals surface area contributed by atoms with Crippen LogP contribution < -0.4 is 5.32 Å². The summed E-state index contributed by atoms with van der Waals surface area (Å²) in [6.07, 6.45) is 1.53. The summed E-state index contributed by atoms with van der Waals surface area (Å²) in [5.74, 6) is 0.227. The van der Waals surface area contributed by atoms with Gasteiger partial charge < -0.3 is 5.32 Å². The Morgan fingerprint density at radius 2 is 1.88 bits per heavy atom. The van der Waals surface area contributed by atoms with Gasteiger partial charge in [0.05, 0.1) is 10.4 Å². The van der Waals surface area contributed by atoms with Gasteiger partial charge in [-0.2, -0.15) is 0 Å². The number of anilines is 2. The molecule has 26 heavy (non-hydrogen) atoms. The molecule has 2 aromatic carbocycles. The molecule has 0 saturated heterocycles. The van der Waals surface area contributed by atoms with Crippen LogP contribution in [0.2, 0.25) is 5.02 Å². The molecule has 2 aromatic heterocycles. The van der Waals surface area contributed by atoms with Crippen molar-refractivity contribution in [1.29, 1.82) is 0 Å². The third kappa shape index (κ3) is 3.04. The van der Waals surface area contributed by atoms with Crippen molar-refractivity contribution in [2.75, 3.05) is 5.32 Å². The fourth-order valence-corrected chi connectivity index (χ4v) is 4.08. The number of benzene rings is 2. The number of aromatic nitrogens is 2. The zero-order valence-corrected chi connectivity index (χ0v) is 15.7. The van der Waals surface area contributed by atoms with Crippen LogP contribution in [0.4, 0.5) is 15.9 Å². The topological polar surface area (TPSA) is 37.8 Å². The van der Waals surface area contributed by atoms with Crippen LogP contribution in [0.15, 0.2) is 48.1 Å². The Labute approximate surface area is 159 Å². The molecule has 0 spiro atoms. The molecule has 0 unspecified atom stereocenters. The van der Waals surface area contributed by atoms with Crippen LogP contribution in [0.25, 0.3) is 21.3 Å². The molecule has 0 bridgehead atoms. The van der Waals surface area contributed by atoms with Crippen LogP contribution in [-0.2, 0) is 0 Å². The molecule has 4 aromatic rings. The molecule has 0 aliphatic heterocycles. The van der Waals surface area contributed by atoms with Gasteiger partial charge in [0.25, 0.3) is 0 Å². The van der Waals surface area contributed by atoms with E-state index in [1.807, 2.05) is 0 Å². The highest BCUT2D eigenvalue weighted by atomic mass is 35.5. The van der Waals surface area contributed by atoms with Crippen molar-refractivity contribution in [3.05, 3.63) is 70.1 Å². The van der Waals surface area contributed by atoms with Gasteiger partial charge in [-0.1, -0.05) is 35.4 Å². The average molecular weight is 384 g/mol. The monoisotopic (exact) mass is 383 g/mol. The van der Waals surface area contributed by atoms with Crippen LogP contribution in [0.1, 0.15) is 11.1 Å². The highest BCUT2D eigenvalue weighted by Gasteiger charge is 2.15. The van der Waals surface area contributed by atoms with E-state index >= 15 is 0 Å². The minimum absolute atomic E-state index is 0.0696. The molecule has 130 valence electrons. The Bertz CT molecular complexity index is 1120. The smallest absolute Gasteiger partial charge is 0.143 e. The lowest BCUT2D eigenvalue weighted by Gasteiger charge is -2.10. The summed E-state index contributed by atoms with van der Waals surface area (Å²) in [5.41, 5.74) is 5.33. The maximum absolute atomic E-state index is 13.4. The van der Waals surface area contributed by atoms with E-state index in [4.69, 9.17) is 11.6 Å². The number of hydrogen-bond acceptors (Lipinski definition) is 4. The number of nitrogens with zero attached hydrogens (tertiary/aromatic N) is 2. The van der Waals surface area contributed by atoms with Gasteiger partial charge >= 0.3 is 0 Å². The maximum atomic E-state index is 13.4. The second-order valence-corrected chi connectivity index (χ2v) is 7.39. The van der Waals surface area contributed by atoms with Gasteiger partial charge in [0.15, 0.2) is 0 Å². The lowest BCUT2D eigenvalue weighted by atomic mass is 9.99. The fourth-order valence-electron chi connectivity index (χ4n) is 2.99. The first kappa shape index (κ1) is 16.9. The van der Waals surface area contributed by atoms with Crippen molar-refractivity contribution in [2.24, 2.45) is 0 Å². The number of rotatable bonds is 3. The van der Waals surface area contributed by atoms with Gasteiger partial charge in [0.1, 0.15) is 22.8 Å². The molecular formula is C20H15ClFN3S. The second-order valence-electron chi connectivity index (χ2n) is 6.12. The molecule has 3 nitrogen and oxygen atoms in total. The Morgan fingerprint density at radius 3 is 2.65 bits per heavy atom. The Kier molecular flexibility index (Phi) is 4.34. The second kappa shape index (κ2) is 6.67. The molecule has 1 N–H and O–H groups in total. The Morgan fingerprint density at radius 1 is 1.04 bits per heavy atom. The first-order valence-electron chi connectivity index (χ1n) is 8.05. The van der Waals surface area contributed by atoms with Gasteiger partial charge in [0.2, 0.25) is 0 Å². The Balaban J connectivity index is 1.85. The molecule has 0 saturated carbocycles. The summed E-state index contributed by atoms with van der Waals surface area (Å²) in [6, 6.07) is 10.9. The van der Waals surface area contributed by atoms with E-state index in [1.54, 1.807) is 23.5 Å². The number of thiophene rings is 1. The minimum atomic E-state index is -0.448. The van der Waals surface area contributed by atoms with Crippen molar-refractivity contribution in [3.63, 3.8) is 0 Å². The van der Waals surface area contributed by atoms with Crippen molar-refractivity contribution < 1.29 is 4.39 Å². The standard InChI is InChI=1S/C20H15ClFN3S/c1-11-3-5-14(12(2)7-11)15-9-26-20-18(15)19(23-10-24-20)25-13-4-6-17(22)16(21)8-13/h3-10H,1-2H3,(H,23,24,25). The van der Waals surface area contributed by atoms with Crippen molar-refractivity contribution in [3.8, 4) is 11.1 Å². The van der Waals surface area contributed by atoms with Gasteiger partial charge in [-0.05, 0) is 43.2 Å². The molecule has 0 aliphatic rings. The fraction of sp³-hybridized carbons (Fsp3) is 0.100. The zero-order chi connectivity index (χ0) is 18.3. The summed E-state index contributed by atoms with van der Waals surface area (Å²) in [5, 5.41) is 6.36. The van der Waals surface area contributed by atoms with Gasteiger partial charge in [-0.25, -0.2) is 14.4 Å². The quantitative estimate of drug-likeness (QED) is 0.438. The summed E-state index contributed by atoms with van der Waals surface area (Å²) in [4.78, 5) is 9.69. The highest BCUT2D eigenvalue weighted by Crippen LogP contribution is 2.39. The number of hydrogen-bond donors (Lipinski definition) is 1. The first-order chi connectivity index (χ1) is 12.5. The SMILES string of the molecule is Cc1ccc(-c2csc3ncnc(Nc4ccc(F)c(Cl)c4)c23)c(C)c1. The van der Waals surface area contributed by atoms with Crippen molar-refractivity contribution in [1.82, 2.24) is 9.97 Å². The third-order valence-corrected chi connectivity index (χ3v) is 5.40. The van der Waals surface area contributed by atoms with E-state index in [-0.39, 0.29) is 5.02 Å². The van der Waals surface area contributed by atoms with Gasteiger partial charge in [-0.3, -0.25) is 0 Å². The maximum Gasteiger partial charge on any atom is 0.143 e. The number of nitrogens with one attached hydrogen (secondary N) is 1. The molecule has 0 radical (unpaired) electrons. The van der Waals surface area contributed by atoms with E-state index in [9.17, 15) is 4.39 Å². The van der Waals surface area contributed by atoms with Crippen molar-refractivity contribution in [2.45, 2.75) is 13.8 Å². The van der Waals surface area contributed by atoms with Crippen molar-refractivity contribution >= 4 is 44.7 Å². The van der Waals surface area contributed by atoms with E-state index in [0.717, 1.165) is 21.3 Å². The normalized spacial score (nSPS) is 11.1. The Hall–Kier alpha value is -2.50. The van der Waals surface area contributed by atoms with E-state index in [2.05, 4.69) is 52.7 Å². The lowest BCUT2D eigenvalue weighted by Crippen LogP contribution is -1.96. The van der Waals surface area contributed by atoms with Crippen LogP contribution >= 0.6 is 22.9 Å². The summed E-state index contributed by atoms with van der Waals surface area (Å²) in [7, 11) is 0. The predicted octanol–water partition coefficient (Wildman–Crippen LogP) is 6.51. The molecule has 2 heterocycles.